The summed E-state index contributed by atoms with van der Waals surface area (Å²) >= 11 is 0. The molecule has 84 valence electrons. The quantitative estimate of drug-likeness (QED) is 0.691. The Morgan fingerprint density at radius 1 is 1.40 bits per heavy atom. The van der Waals surface area contributed by atoms with E-state index >= 15 is 0 Å². The van der Waals surface area contributed by atoms with Crippen LogP contribution in [0, 0.1) is 5.92 Å². The van der Waals surface area contributed by atoms with Crippen LogP contribution in [0.1, 0.15) is 40.5 Å². The van der Waals surface area contributed by atoms with Gasteiger partial charge in [-0.1, -0.05) is 32.9 Å². The first kappa shape index (κ1) is 12.0. The Morgan fingerprint density at radius 2 is 2.07 bits per heavy atom. The smallest absolute Gasteiger partial charge is 0.195 e. The summed E-state index contributed by atoms with van der Waals surface area (Å²) < 4.78 is 5.91. The van der Waals surface area contributed by atoms with E-state index in [1.54, 1.807) is 0 Å². The highest BCUT2D eigenvalue weighted by molar-refractivity contribution is 5.81. The lowest BCUT2D eigenvalue weighted by Gasteiger charge is -2.19. The summed E-state index contributed by atoms with van der Waals surface area (Å²) in [7, 11) is 0. The topological polar surface area (TPSA) is 21.6 Å². The van der Waals surface area contributed by atoms with Crippen molar-refractivity contribution < 1.29 is 4.74 Å². The van der Waals surface area contributed by atoms with Crippen LogP contribution in [0.2, 0.25) is 0 Å². The van der Waals surface area contributed by atoms with Crippen molar-refractivity contribution in [3.63, 3.8) is 0 Å². The van der Waals surface area contributed by atoms with Gasteiger partial charge in [0.2, 0.25) is 0 Å². The number of hydrogen-bond donors (Lipinski definition) is 0. The predicted octanol–water partition coefficient (Wildman–Crippen LogP) is 3.70. The van der Waals surface area contributed by atoms with E-state index in [0.717, 1.165) is 24.4 Å². The number of rotatable bonds is 3. The van der Waals surface area contributed by atoms with Gasteiger partial charge in [-0.25, -0.2) is 4.99 Å². The van der Waals surface area contributed by atoms with Crippen LogP contribution >= 0.6 is 0 Å². The maximum Gasteiger partial charge on any atom is 0.195 e. The summed E-state index contributed by atoms with van der Waals surface area (Å²) in [6.45, 7) is 8.41. The maximum atomic E-state index is 5.91. The Hall–Kier alpha value is -1.05. The van der Waals surface area contributed by atoms with Crippen molar-refractivity contribution in [3.8, 4) is 0 Å². The summed E-state index contributed by atoms with van der Waals surface area (Å²) in [5.41, 5.74) is 1.01. The van der Waals surface area contributed by atoms with Gasteiger partial charge in [0.05, 0.1) is 12.0 Å². The fourth-order valence-corrected chi connectivity index (χ4v) is 1.52. The molecule has 2 heteroatoms. The highest BCUT2D eigenvalue weighted by atomic mass is 16.5. The van der Waals surface area contributed by atoms with Gasteiger partial charge in [0, 0.05) is 5.70 Å². The van der Waals surface area contributed by atoms with Crippen LogP contribution < -0.4 is 0 Å². The second kappa shape index (κ2) is 5.74. The van der Waals surface area contributed by atoms with Gasteiger partial charge < -0.3 is 4.74 Å². The molecule has 0 aromatic carbocycles. The highest BCUT2D eigenvalue weighted by Gasteiger charge is 2.15. The summed E-state index contributed by atoms with van der Waals surface area (Å²) in [4.78, 5) is 4.49. The minimum Gasteiger partial charge on any atom is -0.477 e. The molecule has 1 rings (SSSR count). The van der Waals surface area contributed by atoms with Crippen LogP contribution in [0.25, 0.3) is 0 Å². The molecule has 1 aliphatic heterocycles. The zero-order valence-corrected chi connectivity index (χ0v) is 10.2. The Morgan fingerprint density at radius 3 is 2.67 bits per heavy atom. The molecule has 0 amide bonds. The molecule has 1 aliphatic rings. The van der Waals surface area contributed by atoms with E-state index in [4.69, 9.17) is 4.74 Å². The normalized spacial score (nSPS) is 21.0. The molecule has 0 saturated carbocycles. The summed E-state index contributed by atoms with van der Waals surface area (Å²) in [6, 6.07) is 0. The molecule has 1 heterocycles. The molecule has 0 saturated heterocycles. The fourth-order valence-electron chi connectivity index (χ4n) is 1.52. The van der Waals surface area contributed by atoms with Crippen LogP contribution in [0.15, 0.2) is 28.9 Å². The van der Waals surface area contributed by atoms with Crippen LogP contribution in [0.5, 0.6) is 0 Å². The number of ether oxygens (including phenoxy) is 1. The van der Waals surface area contributed by atoms with Crippen LogP contribution in [0.4, 0.5) is 0 Å². The first-order chi connectivity index (χ1) is 7.17. The lowest BCUT2D eigenvalue weighted by Crippen LogP contribution is -2.21. The lowest BCUT2D eigenvalue weighted by atomic mass is 10.1. The molecule has 2 nitrogen and oxygen atoms in total. The molecule has 0 bridgehead atoms. The van der Waals surface area contributed by atoms with Crippen molar-refractivity contribution in [3.05, 3.63) is 23.9 Å². The van der Waals surface area contributed by atoms with E-state index in [2.05, 4.69) is 31.8 Å². The molecule has 0 aromatic heterocycles. The predicted molar refractivity (Wildman–Crippen MR) is 65.0 cm³/mol. The highest BCUT2D eigenvalue weighted by Crippen LogP contribution is 2.15. The first-order valence-electron chi connectivity index (χ1n) is 5.77. The second-order valence-electron chi connectivity index (χ2n) is 3.99. The molecule has 0 aromatic rings. The maximum absolute atomic E-state index is 5.91. The molecular weight excluding hydrogens is 186 g/mol. The number of hydrogen-bond acceptors (Lipinski definition) is 2. The third-order valence-electron chi connectivity index (χ3n) is 2.61. The Labute approximate surface area is 92.7 Å². The average Bonchev–Trinajstić information content (AvgIpc) is 2.37. The van der Waals surface area contributed by atoms with Crippen LogP contribution in [-0.4, -0.2) is 12.0 Å². The van der Waals surface area contributed by atoms with Gasteiger partial charge in [-0.15, -0.1) is 0 Å². The summed E-state index contributed by atoms with van der Waals surface area (Å²) in [5, 5.41) is 0. The van der Waals surface area contributed by atoms with E-state index in [1.807, 2.05) is 19.1 Å². The Balaban J connectivity index is 2.74. The molecule has 0 N–H and O–H groups in total. The van der Waals surface area contributed by atoms with Crippen molar-refractivity contribution in [2.75, 3.05) is 0 Å². The standard InChI is InChI=1S/C13H21NO/c1-5-12(6-2)15-13-10(3)8-7-9-11(4)14-13/h7-10,12H,5-6H2,1-4H3/t10-/m1/s1. The number of nitrogens with zero attached hydrogens (tertiary/aromatic N) is 1. The minimum absolute atomic E-state index is 0.277. The van der Waals surface area contributed by atoms with Gasteiger partial charge in [-0.05, 0) is 25.8 Å². The van der Waals surface area contributed by atoms with Crippen molar-refractivity contribution in [2.45, 2.75) is 46.6 Å². The number of aliphatic imine (C=N–C) groups is 1. The molecule has 0 unspecified atom stereocenters. The third kappa shape index (κ3) is 3.54. The van der Waals surface area contributed by atoms with E-state index in [-0.39, 0.29) is 5.92 Å². The zero-order valence-electron chi connectivity index (χ0n) is 10.2. The third-order valence-corrected chi connectivity index (χ3v) is 2.61. The van der Waals surface area contributed by atoms with E-state index < -0.39 is 0 Å². The van der Waals surface area contributed by atoms with E-state index in [0.29, 0.717) is 6.10 Å². The van der Waals surface area contributed by atoms with Crippen molar-refractivity contribution in [1.29, 1.82) is 0 Å². The van der Waals surface area contributed by atoms with Crippen LogP contribution in [-0.2, 0) is 4.74 Å². The number of allylic oxidation sites excluding steroid dienone is 3. The summed E-state index contributed by atoms with van der Waals surface area (Å²) in [5.74, 6) is 1.13. The zero-order chi connectivity index (χ0) is 11.3. The largest absolute Gasteiger partial charge is 0.477 e. The van der Waals surface area contributed by atoms with Gasteiger partial charge in [-0.2, -0.15) is 0 Å². The first-order valence-corrected chi connectivity index (χ1v) is 5.77. The molecule has 0 spiro atoms. The molecule has 0 fully saturated rings. The fraction of sp³-hybridized carbons (Fsp3) is 0.615. The van der Waals surface area contributed by atoms with E-state index in [9.17, 15) is 0 Å². The molecule has 0 aliphatic carbocycles. The minimum atomic E-state index is 0.277. The van der Waals surface area contributed by atoms with Crippen molar-refractivity contribution >= 4 is 5.90 Å². The second-order valence-corrected chi connectivity index (χ2v) is 3.99. The van der Waals surface area contributed by atoms with Gasteiger partial charge in [-0.3, -0.25) is 0 Å². The van der Waals surface area contributed by atoms with Crippen molar-refractivity contribution in [2.24, 2.45) is 10.9 Å². The molecule has 0 radical (unpaired) electrons. The van der Waals surface area contributed by atoms with Crippen molar-refractivity contribution in [1.82, 2.24) is 0 Å². The monoisotopic (exact) mass is 207 g/mol. The van der Waals surface area contributed by atoms with E-state index in [1.165, 1.54) is 0 Å². The molecule has 1 atom stereocenters. The lowest BCUT2D eigenvalue weighted by molar-refractivity contribution is 0.170. The van der Waals surface area contributed by atoms with Gasteiger partial charge in [0.25, 0.3) is 0 Å². The van der Waals surface area contributed by atoms with Gasteiger partial charge in [0.1, 0.15) is 0 Å². The molecule has 15 heavy (non-hydrogen) atoms. The SMILES string of the molecule is CCC(CC)OC1=NC(C)=CC=C[C@H]1C. The average molecular weight is 207 g/mol. The Bertz CT molecular complexity index is 285. The Kier molecular flexibility index (Phi) is 4.60. The van der Waals surface area contributed by atoms with Gasteiger partial charge in [0.15, 0.2) is 5.90 Å². The molecular formula is C13H21NO. The van der Waals surface area contributed by atoms with Gasteiger partial charge >= 0.3 is 0 Å². The summed E-state index contributed by atoms with van der Waals surface area (Å²) in [6.07, 6.45) is 8.55. The van der Waals surface area contributed by atoms with Crippen LogP contribution in [0.3, 0.4) is 0 Å².